The first-order valence-corrected chi connectivity index (χ1v) is 6.30. The molecule has 1 aliphatic rings. The van der Waals surface area contributed by atoms with Crippen LogP contribution in [0.25, 0.3) is 0 Å². The van der Waals surface area contributed by atoms with Crippen LogP contribution in [0, 0.1) is 26.1 Å². The highest BCUT2D eigenvalue weighted by Crippen LogP contribution is 2.32. The van der Waals surface area contributed by atoms with E-state index in [2.05, 4.69) is 9.98 Å². The highest BCUT2D eigenvalue weighted by atomic mass is 16.7. The van der Waals surface area contributed by atoms with Crippen molar-refractivity contribution >= 4 is 23.3 Å². The minimum absolute atomic E-state index is 0.105. The zero-order chi connectivity index (χ0) is 17.1. The molecule has 2 N–H and O–H groups in total. The zero-order valence-electron chi connectivity index (χ0n) is 11.7. The lowest BCUT2D eigenvalue weighted by Gasteiger charge is -2.24. The number of aliphatic carboxylic acids is 1. The van der Waals surface area contributed by atoms with E-state index in [0.717, 1.165) is 0 Å². The third kappa shape index (κ3) is 3.45. The molecule has 1 heterocycles. The number of carboxylic acids is 1. The highest BCUT2D eigenvalue weighted by molar-refractivity contribution is 6.08. The van der Waals surface area contributed by atoms with Gasteiger partial charge in [0.15, 0.2) is 5.03 Å². The van der Waals surface area contributed by atoms with E-state index in [9.17, 15) is 30.1 Å². The quantitative estimate of drug-likeness (QED) is 0.616. The molecule has 11 heteroatoms. The molecule has 1 aliphatic heterocycles. The monoisotopic (exact) mass is 321 g/mol. The summed E-state index contributed by atoms with van der Waals surface area (Å²) in [6, 6.07) is 4.24. The lowest BCUT2D eigenvalue weighted by molar-refractivity contribution is -0.525. The number of rotatable bonds is 4. The summed E-state index contributed by atoms with van der Waals surface area (Å²) in [6.45, 7) is 1.40. The van der Waals surface area contributed by atoms with Gasteiger partial charge in [0, 0.05) is 17.8 Å². The SMILES string of the molecule is CC1=NC(N[N+](=O)[O-])=NC(c2cccc([N+](=O)[O-])c2)C1C(=O)O. The van der Waals surface area contributed by atoms with E-state index in [1.54, 1.807) is 5.43 Å². The molecule has 2 rings (SSSR count). The van der Waals surface area contributed by atoms with Crippen molar-refractivity contribution in [1.29, 1.82) is 0 Å². The summed E-state index contributed by atoms with van der Waals surface area (Å²) in [4.78, 5) is 39.9. The van der Waals surface area contributed by atoms with Gasteiger partial charge in [0.2, 0.25) is 0 Å². The molecule has 23 heavy (non-hydrogen) atoms. The lowest BCUT2D eigenvalue weighted by Crippen LogP contribution is -2.37. The van der Waals surface area contributed by atoms with Crippen molar-refractivity contribution in [3.63, 3.8) is 0 Å². The van der Waals surface area contributed by atoms with Crippen molar-refractivity contribution in [3.05, 3.63) is 50.1 Å². The van der Waals surface area contributed by atoms with E-state index >= 15 is 0 Å². The van der Waals surface area contributed by atoms with Gasteiger partial charge >= 0.3 is 5.97 Å². The lowest BCUT2D eigenvalue weighted by atomic mass is 9.89. The molecule has 120 valence electrons. The number of guanidine groups is 1. The number of carbonyl (C=O) groups is 1. The van der Waals surface area contributed by atoms with Gasteiger partial charge in [-0.15, -0.1) is 0 Å². The standard InChI is InChI=1S/C12H11N5O6/c1-6-9(11(18)19)10(14-12(13-6)15-17(22)23)7-3-2-4-8(5-7)16(20)21/h2-5,9-10H,1H3,(H,14,15)(H,18,19). The van der Waals surface area contributed by atoms with Crippen molar-refractivity contribution in [2.75, 3.05) is 0 Å². The summed E-state index contributed by atoms with van der Waals surface area (Å²) in [5.74, 6) is -2.76. The van der Waals surface area contributed by atoms with Gasteiger partial charge in [-0.05, 0) is 12.5 Å². The minimum Gasteiger partial charge on any atom is -0.481 e. The number of nitrogens with zero attached hydrogens (tertiary/aromatic N) is 4. The Morgan fingerprint density at radius 2 is 2.04 bits per heavy atom. The molecule has 0 aromatic heterocycles. The smallest absolute Gasteiger partial charge is 0.314 e. The molecule has 2 atom stereocenters. The van der Waals surface area contributed by atoms with Gasteiger partial charge in [0.25, 0.3) is 11.6 Å². The third-order valence-corrected chi connectivity index (χ3v) is 3.19. The second-order valence-electron chi connectivity index (χ2n) is 4.69. The molecule has 0 spiro atoms. The largest absolute Gasteiger partial charge is 0.481 e. The normalized spacial score (nSPS) is 20.2. The van der Waals surface area contributed by atoms with Gasteiger partial charge in [-0.2, -0.15) is 0 Å². The van der Waals surface area contributed by atoms with Crippen LogP contribution in [0.1, 0.15) is 18.5 Å². The predicted molar refractivity (Wildman–Crippen MR) is 77.6 cm³/mol. The predicted octanol–water partition coefficient (Wildman–Crippen LogP) is 0.949. The number of hydrazine groups is 1. The number of carboxylic acid groups (broad SMARTS) is 1. The fourth-order valence-electron chi connectivity index (χ4n) is 2.24. The summed E-state index contributed by atoms with van der Waals surface area (Å²) in [6.07, 6.45) is 0. The second kappa shape index (κ2) is 6.17. The van der Waals surface area contributed by atoms with Crippen LogP contribution in [-0.4, -0.2) is 32.7 Å². The molecular weight excluding hydrogens is 310 g/mol. The van der Waals surface area contributed by atoms with Gasteiger partial charge < -0.3 is 5.11 Å². The van der Waals surface area contributed by atoms with Crippen molar-refractivity contribution < 1.29 is 19.9 Å². The third-order valence-electron chi connectivity index (χ3n) is 3.19. The summed E-state index contributed by atoms with van der Waals surface area (Å²) in [5.41, 5.74) is 1.89. The summed E-state index contributed by atoms with van der Waals surface area (Å²) in [7, 11) is 0. The Morgan fingerprint density at radius 3 is 2.61 bits per heavy atom. The van der Waals surface area contributed by atoms with E-state index in [1.165, 1.54) is 31.2 Å². The fourth-order valence-corrected chi connectivity index (χ4v) is 2.24. The Kier molecular flexibility index (Phi) is 4.30. The fraction of sp³-hybridized carbons (Fsp3) is 0.250. The number of aliphatic imine (C=N–C) groups is 2. The molecule has 0 aliphatic carbocycles. The summed E-state index contributed by atoms with van der Waals surface area (Å²) >= 11 is 0. The maximum Gasteiger partial charge on any atom is 0.314 e. The van der Waals surface area contributed by atoms with Gasteiger partial charge in [0.05, 0.1) is 11.0 Å². The Hall–Kier alpha value is -3.37. The number of hydrogen-bond donors (Lipinski definition) is 2. The molecule has 0 fully saturated rings. The second-order valence-corrected chi connectivity index (χ2v) is 4.69. The number of nitrogens with one attached hydrogen (secondary N) is 1. The average Bonchev–Trinajstić information content (AvgIpc) is 2.45. The first-order chi connectivity index (χ1) is 10.8. The molecule has 0 saturated carbocycles. The maximum atomic E-state index is 11.5. The first-order valence-electron chi connectivity index (χ1n) is 6.30. The average molecular weight is 321 g/mol. The van der Waals surface area contributed by atoms with Gasteiger partial charge in [0.1, 0.15) is 5.92 Å². The van der Waals surface area contributed by atoms with Crippen molar-refractivity contribution in [2.24, 2.45) is 15.9 Å². The molecule has 0 amide bonds. The molecule has 1 aromatic carbocycles. The number of benzene rings is 1. The first kappa shape index (κ1) is 16.0. The van der Waals surface area contributed by atoms with Crippen LogP contribution in [0.3, 0.4) is 0 Å². The highest BCUT2D eigenvalue weighted by Gasteiger charge is 2.36. The van der Waals surface area contributed by atoms with E-state index in [0.29, 0.717) is 0 Å². The van der Waals surface area contributed by atoms with Crippen molar-refractivity contribution in [1.82, 2.24) is 5.43 Å². The molecule has 0 radical (unpaired) electrons. The topological polar surface area (TPSA) is 160 Å². The van der Waals surface area contributed by atoms with E-state index in [1.807, 2.05) is 0 Å². The molecule has 11 nitrogen and oxygen atoms in total. The van der Waals surface area contributed by atoms with E-state index in [4.69, 9.17) is 0 Å². The molecule has 1 aromatic rings. The molecule has 0 saturated heterocycles. The Morgan fingerprint density at radius 1 is 1.35 bits per heavy atom. The number of nitro groups is 2. The Balaban J connectivity index is 2.50. The van der Waals surface area contributed by atoms with Crippen LogP contribution in [0.4, 0.5) is 5.69 Å². The molecule has 0 bridgehead atoms. The number of non-ortho nitro benzene ring substituents is 1. The molecule has 2 unspecified atom stereocenters. The maximum absolute atomic E-state index is 11.5. The van der Waals surface area contributed by atoms with Crippen molar-refractivity contribution in [3.8, 4) is 0 Å². The van der Waals surface area contributed by atoms with Crippen LogP contribution in [0.5, 0.6) is 0 Å². The van der Waals surface area contributed by atoms with Crippen LogP contribution in [0.2, 0.25) is 0 Å². The van der Waals surface area contributed by atoms with Crippen LogP contribution in [0.15, 0.2) is 34.3 Å². The van der Waals surface area contributed by atoms with Gasteiger partial charge in [-0.25, -0.2) is 20.1 Å². The van der Waals surface area contributed by atoms with Gasteiger partial charge in [-0.3, -0.25) is 14.9 Å². The Bertz CT molecular complexity index is 743. The van der Waals surface area contributed by atoms with Crippen molar-refractivity contribution in [2.45, 2.75) is 13.0 Å². The van der Waals surface area contributed by atoms with Crippen LogP contribution in [-0.2, 0) is 4.79 Å². The molecular formula is C12H11N5O6. The minimum atomic E-state index is -1.23. The van der Waals surface area contributed by atoms with Crippen LogP contribution >= 0.6 is 0 Å². The summed E-state index contributed by atoms with van der Waals surface area (Å²) < 4.78 is 0. The van der Waals surface area contributed by atoms with Gasteiger partial charge in [-0.1, -0.05) is 17.6 Å². The van der Waals surface area contributed by atoms with E-state index < -0.39 is 27.9 Å². The number of hydrogen-bond acceptors (Lipinski definition) is 7. The summed E-state index contributed by atoms with van der Waals surface area (Å²) in [5, 5.41) is 29.8. The Labute approximate surface area is 128 Å². The van der Waals surface area contributed by atoms with E-state index in [-0.39, 0.29) is 22.9 Å². The van der Waals surface area contributed by atoms with Crippen LogP contribution < -0.4 is 5.43 Å². The number of nitro benzene ring substituents is 1. The zero-order valence-corrected chi connectivity index (χ0v) is 11.7.